The number of likely N-dealkylation sites (tertiary alicyclic amines) is 1. The van der Waals surface area contributed by atoms with Gasteiger partial charge in [0.1, 0.15) is 5.54 Å². The van der Waals surface area contributed by atoms with Gasteiger partial charge >= 0.3 is 5.97 Å². The van der Waals surface area contributed by atoms with Gasteiger partial charge in [-0.3, -0.25) is 24.6 Å². The second-order valence-electron chi connectivity index (χ2n) is 9.03. The number of carboxylic acid groups (broad SMARTS) is 1. The van der Waals surface area contributed by atoms with Crippen molar-refractivity contribution in [2.45, 2.75) is 31.5 Å². The number of phenolic OH excluding ortho intramolecular Hbond substituents is 1. The molecule has 10 heteroatoms. The molecule has 0 unspecified atom stereocenters. The quantitative estimate of drug-likeness (QED) is 0.351. The number of imidazole rings is 1. The molecule has 5 rings (SSSR count). The van der Waals surface area contributed by atoms with Crippen molar-refractivity contribution in [3.8, 4) is 11.5 Å². The summed E-state index contributed by atoms with van der Waals surface area (Å²) in [6.07, 6.45) is 2.81. The van der Waals surface area contributed by atoms with Crippen molar-refractivity contribution in [1.29, 1.82) is 0 Å². The van der Waals surface area contributed by atoms with Gasteiger partial charge in [0.25, 0.3) is 0 Å². The number of rotatable bonds is 8. The van der Waals surface area contributed by atoms with Crippen LogP contribution in [0.5, 0.6) is 11.5 Å². The molecule has 0 aliphatic carbocycles. The summed E-state index contributed by atoms with van der Waals surface area (Å²) >= 11 is 0. The molecule has 2 aliphatic rings. The van der Waals surface area contributed by atoms with Gasteiger partial charge in [-0.1, -0.05) is 42.5 Å². The zero-order chi connectivity index (χ0) is 25.4. The van der Waals surface area contributed by atoms with Crippen molar-refractivity contribution < 1.29 is 29.3 Å². The average Bonchev–Trinajstić information content (AvgIpc) is 3.56. The molecule has 2 aromatic carbocycles. The largest absolute Gasteiger partial charge is 0.504 e. The monoisotopic (exact) mass is 490 g/mol. The number of aromatic hydroxyl groups is 1. The first-order chi connectivity index (χ1) is 17.4. The van der Waals surface area contributed by atoms with Crippen LogP contribution in [0.3, 0.4) is 0 Å². The molecule has 3 aromatic rings. The first-order valence-electron chi connectivity index (χ1n) is 11.7. The summed E-state index contributed by atoms with van der Waals surface area (Å²) < 4.78 is 5.51. The normalized spacial score (nSPS) is 25.2. The highest BCUT2D eigenvalue weighted by molar-refractivity contribution is 6.09. The van der Waals surface area contributed by atoms with Crippen molar-refractivity contribution >= 4 is 17.8 Å². The van der Waals surface area contributed by atoms with Gasteiger partial charge in [-0.25, -0.2) is 4.98 Å². The van der Waals surface area contributed by atoms with Crippen LogP contribution in [0.2, 0.25) is 0 Å². The minimum absolute atomic E-state index is 0.0307. The minimum Gasteiger partial charge on any atom is -0.504 e. The maximum Gasteiger partial charge on any atom is 0.325 e. The molecule has 4 atom stereocenters. The van der Waals surface area contributed by atoms with Gasteiger partial charge in [0.2, 0.25) is 11.8 Å². The summed E-state index contributed by atoms with van der Waals surface area (Å²) in [5, 5.41) is 24.6. The third-order valence-electron chi connectivity index (χ3n) is 7.00. The predicted octanol–water partition coefficient (Wildman–Crippen LogP) is 2.03. The van der Waals surface area contributed by atoms with Crippen LogP contribution < -0.4 is 10.1 Å². The molecule has 2 aliphatic heterocycles. The second-order valence-corrected chi connectivity index (χ2v) is 9.03. The zero-order valence-corrected chi connectivity index (χ0v) is 19.5. The van der Waals surface area contributed by atoms with Crippen molar-refractivity contribution in [1.82, 2.24) is 20.2 Å². The lowest BCUT2D eigenvalue weighted by molar-refractivity contribution is -0.151. The standard InChI is InChI=1S/C26H26N4O6/c1-2-36-18-10-6-9-17(22(18)31)21-19-20(26(29-21,25(34)35)11-16-12-27-14-28-16)24(33)30(23(19)32)13-15-7-4-3-5-8-15/h3-10,12,14,19-21,29,31H,2,11,13H2,1H3,(H,27,28)(H,34,35)/t19-,20+,21+,26+/m1/s1. The van der Waals surface area contributed by atoms with Gasteiger partial charge in [-0.2, -0.15) is 0 Å². The average molecular weight is 491 g/mol. The van der Waals surface area contributed by atoms with Gasteiger partial charge in [0.15, 0.2) is 11.5 Å². The molecule has 3 heterocycles. The lowest BCUT2D eigenvalue weighted by Gasteiger charge is -2.31. The summed E-state index contributed by atoms with van der Waals surface area (Å²) in [6, 6.07) is 13.0. The predicted molar refractivity (Wildman–Crippen MR) is 127 cm³/mol. The maximum atomic E-state index is 13.8. The van der Waals surface area contributed by atoms with E-state index < -0.39 is 41.2 Å². The van der Waals surface area contributed by atoms with E-state index in [0.29, 0.717) is 17.9 Å². The summed E-state index contributed by atoms with van der Waals surface area (Å²) in [5.74, 6) is -4.53. The van der Waals surface area contributed by atoms with E-state index in [1.165, 1.54) is 12.5 Å². The Morgan fingerprint density at radius 3 is 2.58 bits per heavy atom. The fraction of sp³-hybridized carbons (Fsp3) is 0.308. The number of hydrogen-bond donors (Lipinski definition) is 4. The minimum atomic E-state index is -1.81. The van der Waals surface area contributed by atoms with E-state index in [0.717, 1.165) is 10.5 Å². The Hall–Kier alpha value is -4.18. The molecule has 10 nitrogen and oxygen atoms in total. The molecule has 0 bridgehead atoms. The number of phenols is 1. The topological polar surface area (TPSA) is 145 Å². The lowest BCUT2D eigenvalue weighted by atomic mass is 9.77. The number of nitrogens with zero attached hydrogens (tertiary/aromatic N) is 2. The Morgan fingerprint density at radius 1 is 1.14 bits per heavy atom. The second kappa shape index (κ2) is 9.12. The number of carbonyl (C=O) groups excluding carboxylic acids is 2. The van der Waals surface area contributed by atoms with Crippen LogP contribution in [0.4, 0.5) is 0 Å². The van der Waals surface area contributed by atoms with E-state index in [9.17, 15) is 24.6 Å². The van der Waals surface area contributed by atoms with Crippen molar-refractivity contribution in [2.75, 3.05) is 6.61 Å². The van der Waals surface area contributed by atoms with Gasteiger partial charge in [-0.05, 0) is 18.6 Å². The Bertz CT molecular complexity index is 1300. The number of ether oxygens (including phenoxy) is 1. The molecule has 2 saturated heterocycles. The number of para-hydroxylation sites is 1. The van der Waals surface area contributed by atoms with E-state index >= 15 is 0 Å². The fourth-order valence-electron chi connectivity index (χ4n) is 5.43. The highest BCUT2D eigenvalue weighted by Gasteiger charge is 2.68. The number of carboxylic acids is 1. The number of H-pyrrole nitrogens is 1. The number of imide groups is 1. The molecule has 0 saturated carbocycles. The maximum absolute atomic E-state index is 13.8. The number of carbonyl (C=O) groups is 3. The Balaban J connectivity index is 1.62. The zero-order valence-electron chi connectivity index (χ0n) is 19.5. The smallest absolute Gasteiger partial charge is 0.325 e. The molecule has 1 aromatic heterocycles. The summed E-state index contributed by atoms with van der Waals surface area (Å²) in [5.41, 5.74) is -0.266. The number of aromatic nitrogens is 2. The van der Waals surface area contributed by atoms with Crippen LogP contribution in [0.15, 0.2) is 61.1 Å². The lowest BCUT2D eigenvalue weighted by Crippen LogP contribution is -2.57. The summed E-state index contributed by atoms with van der Waals surface area (Å²) in [6.45, 7) is 2.11. The number of nitrogens with one attached hydrogen (secondary N) is 2. The van der Waals surface area contributed by atoms with Crippen molar-refractivity contribution in [3.63, 3.8) is 0 Å². The number of fused-ring (bicyclic) bond motifs is 1. The Morgan fingerprint density at radius 2 is 1.92 bits per heavy atom. The highest BCUT2D eigenvalue weighted by atomic mass is 16.5. The molecule has 4 N–H and O–H groups in total. The first-order valence-corrected chi connectivity index (χ1v) is 11.7. The fourth-order valence-corrected chi connectivity index (χ4v) is 5.43. The van der Waals surface area contributed by atoms with Crippen LogP contribution in [-0.2, 0) is 27.3 Å². The third kappa shape index (κ3) is 3.70. The third-order valence-corrected chi connectivity index (χ3v) is 7.00. The highest BCUT2D eigenvalue weighted by Crippen LogP contribution is 2.52. The van der Waals surface area contributed by atoms with Crippen LogP contribution in [-0.4, -0.2) is 55.0 Å². The molecule has 2 amide bonds. The number of aromatic amines is 1. The number of benzene rings is 2. The molecule has 0 radical (unpaired) electrons. The van der Waals surface area contributed by atoms with E-state index in [-0.39, 0.29) is 24.5 Å². The van der Waals surface area contributed by atoms with E-state index in [4.69, 9.17) is 4.74 Å². The Labute approximate surface area is 206 Å². The molecular weight excluding hydrogens is 464 g/mol. The van der Waals surface area contributed by atoms with Gasteiger partial charge in [0.05, 0.1) is 31.3 Å². The van der Waals surface area contributed by atoms with Crippen LogP contribution in [0.1, 0.15) is 29.8 Å². The number of aliphatic carboxylic acids is 1. The number of hydrogen-bond acceptors (Lipinski definition) is 7. The van der Waals surface area contributed by atoms with Crippen LogP contribution in [0, 0.1) is 11.8 Å². The van der Waals surface area contributed by atoms with Crippen molar-refractivity contribution in [2.24, 2.45) is 11.8 Å². The van der Waals surface area contributed by atoms with Crippen molar-refractivity contribution in [3.05, 3.63) is 77.9 Å². The molecule has 2 fully saturated rings. The van der Waals surface area contributed by atoms with Gasteiger partial charge in [0, 0.05) is 29.9 Å². The summed E-state index contributed by atoms with van der Waals surface area (Å²) in [7, 11) is 0. The van der Waals surface area contributed by atoms with E-state index in [2.05, 4.69) is 15.3 Å². The van der Waals surface area contributed by atoms with Gasteiger partial charge < -0.3 is 19.9 Å². The summed E-state index contributed by atoms with van der Waals surface area (Å²) in [4.78, 5) is 48.4. The van der Waals surface area contributed by atoms with Crippen LogP contribution in [0.25, 0.3) is 0 Å². The van der Waals surface area contributed by atoms with E-state index in [1.807, 2.05) is 18.2 Å². The number of amides is 2. The van der Waals surface area contributed by atoms with Gasteiger partial charge in [-0.15, -0.1) is 0 Å². The van der Waals surface area contributed by atoms with E-state index in [1.54, 1.807) is 37.3 Å². The molecule has 0 spiro atoms. The first kappa shape index (κ1) is 23.6. The Kier molecular flexibility index (Phi) is 5.97. The molecule has 36 heavy (non-hydrogen) atoms. The molecular formula is C26H26N4O6. The van der Waals surface area contributed by atoms with Crippen LogP contribution >= 0.6 is 0 Å². The molecule has 186 valence electrons. The SMILES string of the molecule is CCOc1cccc([C@@H]2N[C@](Cc3cnc[nH]3)(C(=O)O)[C@@H]3C(=O)N(Cc4ccccc4)C(=O)[C@H]32)c1O.